The van der Waals surface area contributed by atoms with Crippen molar-refractivity contribution in [2.75, 3.05) is 0 Å². The van der Waals surface area contributed by atoms with Crippen molar-refractivity contribution in [3.63, 3.8) is 0 Å². The van der Waals surface area contributed by atoms with Crippen molar-refractivity contribution < 1.29 is 58.9 Å². The molecule has 5 heteroatoms. The molecule has 0 nitrogen and oxygen atoms in total. The zero-order chi connectivity index (χ0) is 16.1. The summed E-state index contributed by atoms with van der Waals surface area (Å²) in [6, 6.07) is 22.2. The molecule has 0 atom stereocenters. The number of hydrogen-bond donors (Lipinski definition) is 0. The largest absolute Gasteiger partial charge is 4.00 e. The SMILES string of the molecule is CCCCC1=[C-]CC=C1[Si](C)(c1ccccc1)c1ccccc1.[Cl-].[Cl-].[Cl-].[Ti+4]. The predicted octanol–water partition coefficient (Wildman–Crippen LogP) is -4.32. The maximum atomic E-state index is 3.65. The van der Waals surface area contributed by atoms with E-state index < -0.39 is 8.07 Å². The molecule has 0 heterocycles. The van der Waals surface area contributed by atoms with Gasteiger partial charge in [-0.25, -0.2) is 5.57 Å². The van der Waals surface area contributed by atoms with Gasteiger partial charge in [-0.3, -0.25) is 6.08 Å². The number of halogens is 3. The van der Waals surface area contributed by atoms with Crippen LogP contribution in [0.4, 0.5) is 0 Å². The Bertz CT molecular complexity index is 675. The van der Waals surface area contributed by atoms with Gasteiger partial charge in [0, 0.05) is 0 Å². The van der Waals surface area contributed by atoms with E-state index in [0.29, 0.717) is 0 Å². The van der Waals surface area contributed by atoms with Gasteiger partial charge in [-0.05, 0) is 0 Å². The molecular weight excluding hydrogens is 447 g/mol. The first-order chi connectivity index (χ1) is 11.3. The van der Waals surface area contributed by atoms with Crippen molar-refractivity contribution >= 4 is 18.4 Å². The molecule has 1 aliphatic rings. The molecule has 0 radical (unpaired) electrons. The molecule has 27 heavy (non-hydrogen) atoms. The van der Waals surface area contributed by atoms with Crippen LogP contribution >= 0.6 is 0 Å². The van der Waals surface area contributed by atoms with Crippen molar-refractivity contribution in [1.82, 2.24) is 0 Å². The van der Waals surface area contributed by atoms with E-state index in [1.807, 2.05) is 0 Å². The van der Waals surface area contributed by atoms with Crippen molar-refractivity contribution in [2.24, 2.45) is 0 Å². The minimum atomic E-state index is -1.92. The molecule has 2 aromatic rings. The van der Waals surface area contributed by atoms with E-state index in [0.717, 1.165) is 6.42 Å². The second-order valence-corrected chi connectivity index (χ2v) is 10.4. The zero-order valence-electron chi connectivity index (χ0n) is 15.8. The molecular formula is C22H25Cl3SiTi. The van der Waals surface area contributed by atoms with Crippen molar-refractivity contribution in [2.45, 2.75) is 39.2 Å². The molecule has 0 saturated carbocycles. The van der Waals surface area contributed by atoms with Crippen LogP contribution in [0, 0.1) is 6.08 Å². The Morgan fingerprint density at radius 3 is 1.78 bits per heavy atom. The smallest absolute Gasteiger partial charge is 1.00 e. The quantitative estimate of drug-likeness (QED) is 0.295. The minimum Gasteiger partial charge on any atom is -1.00 e. The van der Waals surface area contributed by atoms with Crippen LogP contribution < -0.4 is 47.6 Å². The van der Waals surface area contributed by atoms with Crippen LogP contribution in [0.2, 0.25) is 6.55 Å². The summed E-state index contributed by atoms with van der Waals surface area (Å²) in [4.78, 5) is 0. The van der Waals surface area contributed by atoms with E-state index >= 15 is 0 Å². The van der Waals surface area contributed by atoms with Crippen molar-refractivity contribution in [1.29, 1.82) is 0 Å². The molecule has 0 bridgehead atoms. The van der Waals surface area contributed by atoms with Crippen molar-refractivity contribution in [3.05, 3.63) is 83.6 Å². The second-order valence-electron chi connectivity index (χ2n) is 6.44. The van der Waals surface area contributed by atoms with Gasteiger partial charge in [-0.15, -0.1) is 6.42 Å². The molecule has 0 aromatic heterocycles. The van der Waals surface area contributed by atoms with Gasteiger partial charge in [-0.1, -0.05) is 104 Å². The number of unbranched alkanes of at least 4 members (excludes halogenated alkanes) is 1. The Kier molecular flexibility index (Phi) is 14.8. The monoisotopic (exact) mass is 470 g/mol. The maximum absolute atomic E-state index is 3.65. The van der Waals surface area contributed by atoms with Gasteiger partial charge in [-0.2, -0.15) is 11.3 Å². The Morgan fingerprint density at radius 2 is 1.33 bits per heavy atom. The summed E-state index contributed by atoms with van der Waals surface area (Å²) < 4.78 is 0. The fourth-order valence-corrected chi connectivity index (χ4v) is 7.60. The first-order valence-corrected chi connectivity index (χ1v) is 11.2. The van der Waals surface area contributed by atoms with Crippen LogP contribution in [0.15, 0.2) is 77.5 Å². The number of hydrogen-bond acceptors (Lipinski definition) is 0. The Morgan fingerprint density at radius 1 is 0.852 bits per heavy atom. The molecule has 3 rings (SSSR count). The van der Waals surface area contributed by atoms with Crippen LogP contribution in [0.1, 0.15) is 32.6 Å². The molecule has 0 N–H and O–H groups in total. The summed E-state index contributed by atoms with van der Waals surface area (Å²) in [5.41, 5.74) is 1.48. The van der Waals surface area contributed by atoms with E-state index in [1.165, 1.54) is 35.2 Å². The van der Waals surface area contributed by atoms with E-state index in [9.17, 15) is 0 Å². The van der Waals surface area contributed by atoms with Gasteiger partial charge >= 0.3 is 21.7 Å². The molecule has 0 spiro atoms. The average Bonchev–Trinajstić information content (AvgIpc) is 3.10. The standard InChI is InChI=1S/C22H25Si.3ClH.Ti/c1-3-4-12-19-13-11-18-22(19)23(2,20-14-7-5-8-15-20)21-16-9-6-10-17-21;;;;/h5-10,14-18H,3-4,11-12H2,1-2H3;3*1H;/q-1;;;;+4/p-3. The Balaban J connectivity index is 0. The van der Waals surface area contributed by atoms with E-state index in [1.54, 1.807) is 5.20 Å². The third kappa shape index (κ3) is 6.36. The summed E-state index contributed by atoms with van der Waals surface area (Å²) in [6.45, 7) is 4.77. The van der Waals surface area contributed by atoms with E-state index in [-0.39, 0.29) is 58.9 Å². The third-order valence-corrected chi connectivity index (χ3v) is 9.53. The predicted molar refractivity (Wildman–Crippen MR) is 103 cm³/mol. The van der Waals surface area contributed by atoms with E-state index in [2.05, 4.69) is 86.3 Å². The van der Waals surface area contributed by atoms with E-state index in [4.69, 9.17) is 0 Å². The maximum Gasteiger partial charge on any atom is 4.00 e. The van der Waals surface area contributed by atoms with Crippen molar-refractivity contribution in [3.8, 4) is 0 Å². The number of rotatable bonds is 6. The summed E-state index contributed by atoms with van der Waals surface area (Å²) in [6.07, 6.45) is 10.7. The summed E-state index contributed by atoms with van der Waals surface area (Å²) in [7, 11) is -1.92. The van der Waals surface area contributed by atoms with Gasteiger partial charge in [0.05, 0.1) is 8.07 Å². The van der Waals surface area contributed by atoms with Crippen LogP contribution in [0.25, 0.3) is 0 Å². The molecule has 0 saturated heterocycles. The van der Waals surface area contributed by atoms with Gasteiger partial charge in [0.15, 0.2) is 0 Å². The van der Waals surface area contributed by atoms with Crippen LogP contribution in [0.5, 0.6) is 0 Å². The fourth-order valence-electron chi connectivity index (χ4n) is 3.60. The molecule has 1 aliphatic carbocycles. The molecule has 142 valence electrons. The zero-order valence-corrected chi connectivity index (χ0v) is 20.6. The van der Waals surface area contributed by atoms with Crippen LogP contribution in [-0.4, -0.2) is 8.07 Å². The van der Waals surface area contributed by atoms with Gasteiger partial charge < -0.3 is 37.2 Å². The summed E-state index contributed by atoms with van der Waals surface area (Å²) >= 11 is 0. The Labute approximate surface area is 199 Å². The molecule has 0 aliphatic heterocycles. The topological polar surface area (TPSA) is 0 Å². The van der Waals surface area contributed by atoms with Gasteiger partial charge in [0.2, 0.25) is 0 Å². The van der Waals surface area contributed by atoms with Crippen LogP contribution in [-0.2, 0) is 21.7 Å². The first kappa shape index (κ1) is 28.9. The molecule has 0 unspecified atom stereocenters. The average molecular weight is 472 g/mol. The van der Waals surface area contributed by atoms with Gasteiger partial charge in [0.25, 0.3) is 0 Å². The van der Waals surface area contributed by atoms with Crippen LogP contribution in [0.3, 0.4) is 0 Å². The first-order valence-electron chi connectivity index (χ1n) is 8.68. The Hall–Kier alpha value is -0.279. The summed E-state index contributed by atoms with van der Waals surface area (Å²) in [5, 5.41) is 4.58. The number of allylic oxidation sites excluding steroid dienone is 4. The van der Waals surface area contributed by atoms with Gasteiger partial charge in [0.1, 0.15) is 0 Å². The molecule has 2 aromatic carbocycles. The third-order valence-electron chi connectivity index (χ3n) is 4.97. The minimum absolute atomic E-state index is 0. The molecule has 0 amide bonds. The number of benzene rings is 2. The molecule has 0 fully saturated rings. The second kappa shape index (κ2) is 13.8. The fraction of sp³-hybridized carbons (Fsp3) is 0.273. The normalized spacial score (nSPS) is 12.4. The summed E-state index contributed by atoms with van der Waals surface area (Å²) in [5.74, 6) is 0.